The van der Waals surface area contributed by atoms with Crippen LogP contribution in [0, 0.1) is 0 Å². The van der Waals surface area contributed by atoms with Gasteiger partial charge < -0.3 is 19.9 Å². The fraction of sp³-hybridized carbons (Fsp3) is 1.00. The lowest BCUT2D eigenvalue weighted by atomic mass is 10.1. The van der Waals surface area contributed by atoms with Crippen LogP contribution in [0.3, 0.4) is 0 Å². The third-order valence-corrected chi connectivity index (χ3v) is 3.60. The van der Waals surface area contributed by atoms with Gasteiger partial charge in [-0.05, 0) is 19.3 Å². The Bertz CT molecular complexity index is 216. The van der Waals surface area contributed by atoms with Crippen LogP contribution in [-0.4, -0.2) is 74.8 Å². The smallest absolute Gasteiger partial charge is 0.0791 e. The first kappa shape index (κ1) is 14.2. The van der Waals surface area contributed by atoms with Gasteiger partial charge in [0.2, 0.25) is 0 Å². The number of morpholine rings is 1. The van der Waals surface area contributed by atoms with E-state index in [0.29, 0.717) is 12.6 Å². The van der Waals surface area contributed by atoms with Gasteiger partial charge in [-0.15, -0.1) is 0 Å². The Balaban J connectivity index is 1.52. The van der Waals surface area contributed by atoms with Crippen LogP contribution in [0.4, 0.5) is 0 Å². The maximum Gasteiger partial charge on any atom is 0.0791 e. The van der Waals surface area contributed by atoms with Crippen molar-refractivity contribution in [3.05, 3.63) is 0 Å². The highest BCUT2D eigenvalue weighted by molar-refractivity contribution is 4.71. The maximum absolute atomic E-state index is 9.95. The lowest BCUT2D eigenvalue weighted by molar-refractivity contribution is 0.00677. The van der Waals surface area contributed by atoms with Crippen LogP contribution < -0.4 is 5.32 Å². The molecule has 2 rings (SSSR count). The number of rotatable bonds is 6. The average Bonchev–Trinajstić information content (AvgIpc) is 2.41. The summed E-state index contributed by atoms with van der Waals surface area (Å²) in [6.45, 7) is 6.58. The lowest BCUT2D eigenvalue weighted by Gasteiger charge is -2.29. The van der Waals surface area contributed by atoms with E-state index in [4.69, 9.17) is 9.47 Å². The zero-order valence-corrected chi connectivity index (χ0v) is 11.1. The van der Waals surface area contributed by atoms with Crippen molar-refractivity contribution in [2.45, 2.75) is 31.5 Å². The van der Waals surface area contributed by atoms with Crippen LogP contribution in [0.2, 0.25) is 0 Å². The molecule has 0 aromatic heterocycles. The van der Waals surface area contributed by atoms with E-state index in [9.17, 15) is 5.11 Å². The summed E-state index contributed by atoms with van der Waals surface area (Å²) in [5.74, 6) is 0. The first-order valence-corrected chi connectivity index (χ1v) is 7.15. The van der Waals surface area contributed by atoms with E-state index in [-0.39, 0.29) is 6.10 Å². The number of nitrogens with one attached hydrogen (secondary N) is 1. The highest BCUT2D eigenvalue weighted by atomic mass is 16.5. The van der Waals surface area contributed by atoms with E-state index >= 15 is 0 Å². The first-order chi connectivity index (χ1) is 8.84. The monoisotopic (exact) mass is 258 g/mol. The summed E-state index contributed by atoms with van der Waals surface area (Å²) in [7, 11) is 0. The summed E-state index contributed by atoms with van der Waals surface area (Å²) in [5, 5.41) is 13.3. The highest BCUT2D eigenvalue weighted by Crippen LogP contribution is 2.11. The SMILES string of the molecule is OC(CNCC1CCCCO1)CN1CCOCC1. The zero-order chi connectivity index (χ0) is 12.6. The van der Waals surface area contributed by atoms with Crippen molar-refractivity contribution in [3.63, 3.8) is 0 Å². The number of β-amino-alcohol motifs (C(OH)–C–C–N with tert-alkyl or cyclic N) is 1. The molecule has 0 radical (unpaired) electrons. The quantitative estimate of drug-likeness (QED) is 0.693. The van der Waals surface area contributed by atoms with E-state index in [1.54, 1.807) is 0 Å². The number of hydrogen-bond donors (Lipinski definition) is 2. The predicted molar refractivity (Wildman–Crippen MR) is 69.7 cm³/mol. The molecule has 106 valence electrons. The van der Waals surface area contributed by atoms with Crippen molar-refractivity contribution in [1.29, 1.82) is 0 Å². The van der Waals surface area contributed by atoms with Gasteiger partial charge in [0.25, 0.3) is 0 Å². The molecule has 2 atom stereocenters. The number of hydrogen-bond acceptors (Lipinski definition) is 5. The van der Waals surface area contributed by atoms with Crippen molar-refractivity contribution in [1.82, 2.24) is 10.2 Å². The van der Waals surface area contributed by atoms with Crippen molar-refractivity contribution in [3.8, 4) is 0 Å². The number of aliphatic hydroxyl groups excluding tert-OH is 1. The minimum Gasteiger partial charge on any atom is -0.390 e. The van der Waals surface area contributed by atoms with Crippen molar-refractivity contribution in [2.75, 3.05) is 52.5 Å². The molecule has 5 heteroatoms. The summed E-state index contributed by atoms with van der Waals surface area (Å²) in [4.78, 5) is 2.26. The van der Waals surface area contributed by atoms with Crippen molar-refractivity contribution in [2.24, 2.45) is 0 Å². The second-order valence-corrected chi connectivity index (χ2v) is 5.21. The molecule has 2 aliphatic rings. The third-order valence-electron chi connectivity index (χ3n) is 3.60. The van der Waals surface area contributed by atoms with Gasteiger partial charge in [0, 0.05) is 39.3 Å². The molecule has 0 amide bonds. The molecule has 18 heavy (non-hydrogen) atoms. The summed E-state index contributed by atoms with van der Waals surface area (Å²) >= 11 is 0. The fourth-order valence-electron chi connectivity index (χ4n) is 2.53. The lowest BCUT2D eigenvalue weighted by Crippen LogP contribution is -2.44. The molecule has 0 aliphatic carbocycles. The minimum atomic E-state index is -0.299. The molecule has 0 aromatic rings. The second kappa shape index (κ2) is 8.07. The highest BCUT2D eigenvalue weighted by Gasteiger charge is 2.16. The molecule has 2 unspecified atom stereocenters. The van der Waals surface area contributed by atoms with Gasteiger partial charge in [-0.3, -0.25) is 4.90 Å². The Hall–Kier alpha value is -0.200. The predicted octanol–water partition coefficient (Wildman–Crippen LogP) is -0.162. The summed E-state index contributed by atoms with van der Waals surface area (Å²) in [5.41, 5.74) is 0. The van der Waals surface area contributed by atoms with Crippen LogP contribution in [0.25, 0.3) is 0 Å². The van der Waals surface area contributed by atoms with Crippen molar-refractivity contribution >= 4 is 0 Å². The summed E-state index contributed by atoms with van der Waals surface area (Å²) in [6, 6.07) is 0. The largest absolute Gasteiger partial charge is 0.390 e. The molecule has 0 saturated carbocycles. The standard InChI is InChI=1S/C13H26N2O3/c16-12(11-15-4-7-17-8-5-15)9-14-10-13-3-1-2-6-18-13/h12-14,16H,1-11H2. The van der Waals surface area contributed by atoms with E-state index in [0.717, 1.165) is 52.4 Å². The summed E-state index contributed by atoms with van der Waals surface area (Å²) in [6.07, 6.45) is 3.65. The molecule has 2 saturated heterocycles. The minimum absolute atomic E-state index is 0.299. The van der Waals surface area contributed by atoms with Crippen LogP contribution in [0.15, 0.2) is 0 Å². The van der Waals surface area contributed by atoms with E-state index in [1.165, 1.54) is 12.8 Å². The maximum atomic E-state index is 9.95. The Morgan fingerprint density at radius 2 is 2.06 bits per heavy atom. The van der Waals surface area contributed by atoms with E-state index in [2.05, 4.69) is 10.2 Å². The zero-order valence-electron chi connectivity index (χ0n) is 11.1. The van der Waals surface area contributed by atoms with Gasteiger partial charge >= 0.3 is 0 Å². The third kappa shape index (κ3) is 5.20. The normalized spacial score (nSPS) is 28.2. The molecule has 2 N–H and O–H groups in total. The molecule has 2 heterocycles. The molecule has 2 fully saturated rings. The Morgan fingerprint density at radius 3 is 2.78 bits per heavy atom. The van der Waals surface area contributed by atoms with Gasteiger partial charge in [0.05, 0.1) is 25.4 Å². The molecular weight excluding hydrogens is 232 g/mol. The number of ether oxygens (including phenoxy) is 2. The second-order valence-electron chi connectivity index (χ2n) is 5.21. The molecular formula is C13H26N2O3. The fourth-order valence-corrected chi connectivity index (χ4v) is 2.53. The number of aliphatic hydroxyl groups is 1. The van der Waals surface area contributed by atoms with E-state index in [1.807, 2.05) is 0 Å². The Kier molecular flexibility index (Phi) is 6.37. The first-order valence-electron chi connectivity index (χ1n) is 7.15. The van der Waals surface area contributed by atoms with Crippen LogP contribution in [0.5, 0.6) is 0 Å². The Labute approximate surface area is 109 Å². The van der Waals surface area contributed by atoms with Gasteiger partial charge in [0.15, 0.2) is 0 Å². The number of nitrogens with zero attached hydrogens (tertiary/aromatic N) is 1. The van der Waals surface area contributed by atoms with Gasteiger partial charge in [-0.1, -0.05) is 0 Å². The van der Waals surface area contributed by atoms with Gasteiger partial charge in [0.1, 0.15) is 0 Å². The van der Waals surface area contributed by atoms with Gasteiger partial charge in [-0.25, -0.2) is 0 Å². The van der Waals surface area contributed by atoms with Crippen LogP contribution >= 0.6 is 0 Å². The van der Waals surface area contributed by atoms with Crippen molar-refractivity contribution < 1.29 is 14.6 Å². The topological polar surface area (TPSA) is 54.0 Å². The molecule has 2 aliphatic heterocycles. The molecule has 0 spiro atoms. The summed E-state index contributed by atoms with van der Waals surface area (Å²) < 4.78 is 10.9. The van der Waals surface area contributed by atoms with Gasteiger partial charge in [-0.2, -0.15) is 0 Å². The van der Waals surface area contributed by atoms with Crippen LogP contribution in [0.1, 0.15) is 19.3 Å². The van der Waals surface area contributed by atoms with E-state index < -0.39 is 0 Å². The molecule has 5 nitrogen and oxygen atoms in total. The average molecular weight is 258 g/mol. The molecule has 0 aromatic carbocycles. The Morgan fingerprint density at radius 1 is 1.22 bits per heavy atom. The molecule has 0 bridgehead atoms. The van der Waals surface area contributed by atoms with Crippen LogP contribution in [-0.2, 0) is 9.47 Å².